The molecule has 2 heterocycles. The maximum Gasteiger partial charge on any atom is 0.296 e. The van der Waals surface area contributed by atoms with Gasteiger partial charge >= 0.3 is 0 Å². The molecule has 166 valence electrons. The van der Waals surface area contributed by atoms with Gasteiger partial charge in [0.2, 0.25) is 5.91 Å². The first kappa shape index (κ1) is 22.0. The number of halogens is 1. The molecule has 2 unspecified atom stereocenters. The number of rotatable bonds is 4. The zero-order valence-electron chi connectivity index (χ0n) is 18.2. The average molecular weight is 434 g/mol. The second-order valence-electron chi connectivity index (χ2n) is 8.76. The second kappa shape index (κ2) is 9.54. The fraction of sp³-hybridized carbons (Fsp3) is 0.385. The van der Waals surface area contributed by atoms with Crippen molar-refractivity contribution in [2.75, 3.05) is 26.2 Å². The zero-order chi connectivity index (χ0) is 22.6. The van der Waals surface area contributed by atoms with Crippen molar-refractivity contribution in [3.63, 3.8) is 0 Å². The minimum absolute atomic E-state index is 0.0491. The van der Waals surface area contributed by atoms with Crippen molar-refractivity contribution in [3.05, 3.63) is 71.5 Å². The van der Waals surface area contributed by atoms with Gasteiger partial charge in [0.25, 0.3) is 5.91 Å². The summed E-state index contributed by atoms with van der Waals surface area (Å²) in [4.78, 5) is 27.2. The van der Waals surface area contributed by atoms with E-state index in [1.165, 1.54) is 12.1 Å². The van der Waals surface area contributed by atoms with Crippen LogP contribution in [0.25, 0.3) is 0 Å². The van der Waals surface area contributed by atoms with Crippen molar-refractivity contribution >= 4 is 11.8 Å². The number of carbonyl (C=O) groups is 2. The Morgan fingerprint density at radius 1 is 1.19 bits per heavy atom. The fourth-order valence-electron chi connectivity index (χ4n) is 4.91. The van der Waals surface area contributed by atoms with Crippen LogP contribution in [-0.4, -0.2) is 48.9 Å². The van der Waals surface area contributed by atoms with Gasteiger partial charge in [-0.2, -0.15) is 0 Å². The molecule has 0 saturated carbocycles. The summed E-state index contributed by atoms with van der Waals surface area (Å²) >= 11 is 0. The first-order valence-electron chi connectivity index (χ1n) is 11.1. The minimum Gasteiger partial charge on any atom is -0.355 e. The molecule has 2 amide bonds. The van der Waals surface area contributed by atoms with Gasteiger partial charge in [-0.15, -0.1) is 0 Å². The van der Waals surface area contributed by atoms with Gasteiger partial charge in [0.05, 0.1) is 5.41 Å². The predicted octanol–water partition coefficient (Wildman–Crippen LogP) is 2.68. The summed E-state index contributed by atoms with van der Waals surface area (Å²) in [5.74, 6) is 5.12. The molecule has 4 rings (SSSR count). The van der Waals surface area contributed by atoms with Crippen molar-refractivity contribution in [1.82, 2.24) is 15.5 Å². The lowest BCUT2D eigenvalue weighted by molar-refractivity contribution is -0.130. The highest BCUT2D eigenvalue weighted by Crippen LogP contribution is 2.47. The van der Waals surface area contributed by atoms with E-state index >= 15 is 0 Å². The third-order valence-electron chi connectivity index (χ3n) is 6.61. The molecule has 2 aliphatic heterocycles. The monoisotopic (exact) mass is 433 g/mol. The molecule has 2 aliphatic rings. The van der Waals surface area contributed by atoms with Gasteiger partial charge in [0.15, 0.2) is 0 Å². The van der Waals surface area contributed by atoms with Gasteiger partial charge in [-0.1, -0.05) is 36.3 Å². The Kier molecular flexibility index (Phi) is 6.57. The molecule has 2 aromatic rings. The Hall–Kier alpha value is -3.17. The minimum atomic E-state index is -0.442. The standard InChI is InChI=1S/C26H28FN3O2/c1-19(29-24(31)12-7-20-5-3-2-4-6-20)18-30-15-13-26(14-16-30)23(17-28-25(26)32)21-8-10-22(27)11-9-21/h2-6,8-11,19,23H,13-18H2,1H3,(H,28,32)(H,29,31). The van der Waals surface area contributed by atoms with Gasteiger partial charge in [0, 0.05) is 36.5 Å². The van der Waals surface area contributed by atoms with Gasteiger partial charge in [-0.25, -0.2) is 4.39 Å². The summed E-state index contributed by atoms with van der Waals surface area (Å²) in [6.07, 6.45) is 1.49. The highest BCUT2D eigenvalue weighted by molar-refractivity contribution is 5.94. The van der Waals surface area contributed by atoms with E-state index in [9.17, 15) is 14.0 Å². The largest absolute Gasteiger partial charge is 0.355 e. The van der Waals surface area contributed by atoms with E-state index < -0.39 is 5.41 Å². The van der Waals surface area contributed by atoms with Crippen LogP contribution in [0.1, 0.15) is 36.8 Å². The molecule has 2 saturated heterocycles. The maximum absolute atomic E-state index is 13.4. The average Bonchev–Trinajstić information content (AvgIpc) is 3.11. The molecular formula is C26H28FN3O2. The summed E-state index contributed by atoms with van der Waals surface area (Å²) in [6.45, 7) is 4.83. The highest BCUT2D eigenvalue weighted by atomic mass is 19.1. The molecular weight excluding hydrogens is 405 g/mol. The van der Waals surface area contributed by atoms with Crippen LogP contribution in [0.4, 0.5) is 4.39 Å². The molecule has 0 aromatic heterocycles. The van der Waals surface area contributed by atoms with Crippen LogP contribution in [0.3, 0.4) is 0 Å². The predicted molar refractivity (Wildman–Crippen MR) is 121 cm³/mol. The van der Waals surface area contributed by atoms with Crippen LogP contribution in [-0.2, 0) is 9.59 Å². The van der Waals surface area contributed by atoms with E-state index in [0.29, 0.717) is 13.1 Å². The van der Waals surface area contributed by atoms with Crippen molar-refractivity contribution in [2.45, 2.75) is 31.7 Å². The SMILES string of the molecule is CC(CN1CCC2(CC1)C(=O)NCC2c1ccc(F)cc1)NC(=O)C#Cc1ccccc1. The molecule has 2 aromatic carbocycles. The van der Waals surface area contributed by atoms with Crippen molar-refractivity contribution in [3.8, 4) is 11.8 Å². The number of benzene rings is 2. The Balaban J connectivity index is 1.32. The summed E-state index contributed by atoms with van der Waals surface area (Å²) in [5, 5.41) is 5.97. The Morgan fingerprint density at radius 2 is 1.88 bits per heavy atom. The van der Waals surface area contributed by atoms with Gasteiger partial charge < -0.3 is 15.5 Å². The first-order valence-corrected chi connectivity index (χ1v) is 11.1. The van der Waals surface area contributed by atoms with Gasteiger partial charge in [-0.05, 0) is 62.7 Å². The van der Waals surface area contributed by atoms with Crippen LogP contribution in [0.2, 0.25) is 0 Å². The van der Waals surface area contributed by atoms with Crippen molar-refractivity contribution in [2.24, 2.45) is 5.41 Å². The number of nitrogens with one attached hydrogen (secondary N) is 2. The lowest BCUT2D eigenvalue weighted by Crippen LogP contribution is -2.49. The third-order valence-corrected chi connectivity index (χ3v) is 6.61. The number of nitrogens with zero attached hydrogens (tertiary/aromatic N) is 1. The molecule has 5 nitrogen and oxygen atoms in total. The highest BCUT2D eigenvalue weighted by Gasteiger charge is 2.51. The normalized spacial score (nSPS) is 20.8. The van der Waals surface area contributed by atoms with E-state index in [-0.39, 0.29) is 29.6 Å². The number of likely N-dealkylation sites (tertiary alicyclic amines) is 1. The topological polar surface area (TPSA) is 61.4 Å². The van der Waals surface area contributed by atoms with Crippen LogP contribution in [0, 0.1) is 23.1 Å². The van der Waals surface area contributed by atoms with E-state index in [4.69, 9.17) is 0 Å². The molecule has 0 aliphatic carbocycles. The first-order chi connectivity index (χ1) is 15.5. The molecule has 6 heteroatoms. The van der Waals surface area contributed by atoms with Crippen LogP contribution in [0.5, 0.6) is 0 Å². The molecule has 32 heavy (non-hydrogen) atoms. The lowest BCUT2D eigenvalue weighted by atomic mass is 9.68. The summed E-state index contributed by atoms with van der Waals surface area (Å²) in [7, 11) is 0. The number of amides is 2. The fourth-order valence-corrected chi connectivity index (χ4v) is 4.91. The van der Waals surface area contributed by atoms with Crippen LogP contribution >= 0.6 is 0 Å². The number of hydrogen-bond donors (Lipinski definition) is 2. The van der Waals surface area contributed by atoms with E-state index in [1.54, 1.807) is 12.1 Å². The molecule has 0 bridgehead atoms. The van der Waals surface area contributed by atoms with Gasteiger partial charge in [-0.3, -0.25) is 9.59 Å². The van der Waals surface area contributed by atoms with Gasteiger partial charge in [0.1, 0.15) is 5.82 Å². The van der Waals surface area contributed by atoms with Crippen LogP contribution < -0.4 is 10.6 Å². The smallest absolute Gasteiger partial charge is 0.296 e. The molecule has 2 N–H and O–H groups in total. The summed E-state index contributed by atoms with van der Waals surface area (Å²) in [5.41, 5.74) is 1.38. The Bertz CT molecular complexity index is 1020. The Morgan fingerprint density at radius 3 is 2.56 bits per heavy atom. The van der Waals surface area contributed by atoms with E-state index in [2.05, 4.69) is 27.4 Å². The van der Waals surface area contributed by atoms with Crippen molar-refractivity contribution < 1.29 is 14.0 Å². The number of carbonyl (C=O) groups excluding carboxylic acids is 2. The molecule has 2 fully saturated rings. The van der Waals surface area contributed by atoms with Crippen molar-refractivity contribution in [1.29, 1.82) is 0 Å². The third kappa shape index (κ3) is 4.84. The zero-order valence-corrected chi connectivity index (χ0v) is 18.2. The number of hydrogen-bond acceptors (Lipinski definition) is 3. The number of piperidine rings is 1. The van der Waals surface area contributed by atoms with Crippen LogP contribution in [0.15, 0.2) is 54.6 Å². The second-order valence-corrected chi connectivity index (χ2v) is 8.76. The molecule has 0 radical (unpaired) electrons. The summed E-state index contributed by atoms with van der Waals surface area (Å²) in [6, 6.07) is 15.9. The molecule has 1 spiro atoms. The molecule has 2 atom stereocenters. The van der Waals surface area contributed by atoms with E-state index in [0.717, 1.165) is 37.1 Å². The summed E-state index contributed by atoms with van der Waals surface area (Å²) < 4.78 is 13.4. The maximum atomic E-state index is 13.4. The Labute approximate surface area is 188 Å². The lowest BCUT2D eigenvalue weighted by Gasteiger charge is -2.41. The van der Waals surface area contributed by atoms with E-state index in [1.807, 2.05) is 37.3 Å². The quantitative estimate of drug-likeness (QED) is 0.729.